The number of hydrogen-bond donors (Lipinski definition) is 2. The number of amides is 2. The quantitative estimate of drug-likeness (QED) is 0.518. The predicted octanol–water partition coefficient (Wildman–Crippen LogP) is 5.18. The van der Waals surface area contributed by atoms with Gasteiger partial charge in [-0.05, 0) is 47.3 Å². The summed E-state index contributed by atoms with van der Waals surface area (Å²) in [7, 11) is 1.31. The number of nitrogens with zero attached hydrogens (tertiary/aromatic N) is 2. The maximum atomic E-state index is 13.6. The van der Waals surface area contributed by atoms with Crippen LogP contribution in [0.5, 0.6) is 0 Å². The molecule has 5 rings (SSSR count). The number of methoxy groups -OCH3 is 1. The Hall–Kier alpha value is -3.61. The third-order valence-electron chi connectivity index (χ3n) is 7.35. The second-order valence-corrected chi connectivity index (χ2v) is 10.2. The Morgan fingerprint density at radius 1 is 1.06 bits per heavy atom. The van der Waals surface area contributed by atoms with Crippen molar-refractivity contribution in [2.75, 3.05) is 13.7 Å². The number of aromatic nitrogens is 2. The molecule has 7 nitrogen and oxygen atoms in total. The summed E-state index contributed by atoms with van der Waals surface area (Å²) >= 11 is 0. The Balaban J connectivity index is 1.38. The number of ether oxygens (including phenoxy) is 1. The van der Waals surface area contributed by atoms with Gasteiger partial charge < -0.3 is 19.9 Å². The lowest BCUT2D eigenvalue weighted by Crippen LogP contribution is -2.51. The second kappa shape index (κ2) is 9.21. The van der Waals surface area contributed by atoms with Crippen molar-refractivity contribution in [3.8, 4) is 22.4 Å². The lowest BCUT2D eigenvalue weighted by Gasteiger charge is -2.30. The van der Waals surface area contributed by atoms with Crippen LogP contribution in [-0.4, -0.2) is 46.6 Å². The molecule has 1 saturated heterocycles. The van der Waals surface area contributed by atoms with Gasteiger partial charge >= 0.3 is 6.09 Å². The molecular weight excluding hydrogens is 440 g/mol. The van der Waals surface area contributed by atoms with Gasteiger partial charge in [0.15, 0.2) is 0 Å². The fourth-order valence-corrected chi connectivity index (χ4v) is 5.07. The monoisotopic (exact) mass is 472 g/mol. The van der Waals surface area contributed by atoms with Crippen LogP contribution in [-0.2, 0) is 9.53 Å². The lowest BCUT2D eigenvalue weighted by molar-refractivity contribution is -0.135. The highest BCUT2D eigenvalue weighted by atomic mass is 16.5. The first kappa shape index (κ1) is 23.1. The largest absolute Gasteiger partial charge is 0.453 e. The van der Waals surface area contributed by atoms with Gasteiger partial charge in [-0.25, -0.2) is 9.78 Å². The molecule has 2 aliphatic rings. The zero-order valence-electron chi connectivity index (χ0n) is 20.5. The highest BCUT2D eigenvalue weighted by Gasteiger charge is 2.55. The van der Waals surface area contributed by atoms with Gasteiger partial charge in [-0.1, -0.05) is 68.4 Å². The van der Waals surface area contributed by atoms with E-state index in [0.29, 0.717) is 6.54 Å². The van der Waals surface area contributed by atoms with E-state index in [-0.39, 0.29) is 23.3 Å². The highest BCUT2D eigenvalue weighted by Crippen LogP contribution is 2.58. The Bertz CT molecular complexity index is 1200. The number of H-pyrrole nitrogens is 1. The van der Waals surface area contributed by atoms with E-state index in [0.717, 1.165) is 41.9 Å². The smallest absolute Gasteiger partial charge is 0.407 e. The number of likely N-dealkylation sites (tertiary alicyclic amines) is 1. The fraction of sp³-hybridized carbons (Fsp3) is 0.393. The number of carbonyl (C=O) groups excluding carboxylic acids is 2. The van der Waals surface area contributed by atoms with Gasteiger partial charge in [-0.2, -0.15) is 0 Å². The number of aromatic amines is 1. The Labute approximate surface area is 205 Å². The molecule has 2 atom stereocenters. The van der Waals surface area contributed by atoms with E-state index in [1.54, 1.807) is 0 Å². The second-order valence-electron chi connectivity index (χ2n) is 10.2. The van der Waals surface area contributed by atoms with Crippen LogP contribution < -0.4 is 5.32 Å². The number of carbonyl (C=O) groups is 2. The van der Waals surface area contributed by atoms with E-state index in [1.807, 2.05) is 43.1 Å². The first-order chi connectivity index (χ1) is 16.9. The summed E-state index contributed by atoms with van der Waals surface area (Å²) in [6.07, 6.45) is 4.40. The molecule has 1 spiro atoms. The van der Waals surface area contributed by atoms with Crippen molar-refractivity contribution in [3.63, 3.8) is 0 Å². The van der Waals surface area contributed by atoms with Crippen molar-refractivity contribution < 1.29 is 14.3 Å². The molecule has 0 radical (unpaired) electrons. The summed E-state index contributed by atoms with van der Waals surface area (Å²) in [5, 5.41) is 2.73. The van der Waals surface area contributed by atoms with Crippen LogP contribution in [0.25, 0.3) is 22.4 Å². The van der Waals surface area contributed by atoms with Crippen molar-refractivity contribution in [3.05, 3.63) is 66.6 Å². The molecule has 2 N–H and O–H groups in total. The van der Waals surface area contributed by atoms with Gasteiger partial charge in [-0.15, -0.1) is 0 Å². The molecule has 1 aromatic heterocycles. The summed E-state index contributed by atoms with van der Waals surface area (Å²) in [5.41, 5.74) is 4.50. The average Bonchev–Trinajstić information content (AvgIpc) is 3.28. The SMILES string of the molecule is COC(=O)N[C@H](C(=O)N1CC2(CC2)C[C@H]1c1ncc(-c2ccc(-c3ccccc3)cc2)[nH]1)C(C)C. The first-order valence-corrected chi connectivity index (χ1v) is 12.2. The average molecular weight is 473 g/mol. The normalized spacial score (nSPS) is 19.1. The van der Waals surface area contributed by atoms with E-state index in [1.165, 1.54) is 12.7 Å². The number of alkyl carbamates (subject to hydrolysis) is 1. The van der Waals surface area contributed by atoms with Gasteiger partial charge in [0.05, 0.1) is 25.0 Å². The molecule has 1 aliphatic heterocycles. The molecule has 0 bridgehead atoms. The molecule has 1 aliphatic carbocycles. The maximum Gasteiger partial charge on any atom is 0.407 e. The van der Waals surface area contributed by atoms with Crippen LogP contribution in [0.2, 0.25) is 0 Å². The van der Waals surface area contributed by atoms with E-state index in [9.17, 15) is 9.59 Å². The first-order valence-electron chi connectivity index (χ1n) is 12.2. The van der Waals surface area contributed by atoms with E-state index >= 15 is 0 Å². The number of benzene rings is 2. The molecule has 1 saturated carbocycles. The van der Waals surface area contributed by atoms with Gasteiger partial charge in [0.1, 0.15) is 11.9 Å². The lowest BCUT2D eigenvalue weighted by atomic mass is 10.0. The number of nitrogens with one attached hydrogen (secondary N) is 2. The Kier molecular flexibility index (Phi) is 6.09. The van der Waals surface area contributed by atoms with Crippen LogP contribution >= 0.6 is 0 Å². The molecule has 2 amide bonds. The summed E-state index contributed by atoms with van der Waals surface area (Å²) in [5.74, 6) is 0.655. The van der Waals surface area contributed by atoms with E-state index in [4.69, 9.17) is 9.72 Å². The zero-order valence-corrected chi connectivity index (χ0v) is 20.5. The van der Waals surface area contributed by atoms with Crippen LogP contribution in [0, 0.1) is 11.3 Å². The van der Waals surface area contributed by atoms with Gasteiger partial charge in [-0.3, -0.25) is 4.79 Å². The van der Waals surface area contributed by atoms with Crippen molar-refractivity contribution in [1.29, 1.82) is 0 Å². The third-order valence-corrected chi connectivity index (χ3v) is 7.35. The number of rotatable bonds is 6. The molecule has 182 valence electrons. The van der Waals surface area contributed by atoms with E-state index in [2.05, 4.69) is 46.7 Å². The summed E-state index contributed by atoms with van der Waals surface area (Å²) < 4.78 is 4.76. The Morgan fingerprint density at radius 2 is 1.71 bits per heavy atom. The number of hydrogen-bond acceptors (Lipinski definition) is 4. The molecule has 2 heterocycles. The van der Waals surface area contributed by atoms with Crippen molar-refractivity contribution >= 4 is 12.0 Å². The molecule has 2 aromatic carbocycles. The zero-order chi connectivity index (χ0) is 24.6. The van der Waals surface area contributed by atoms with Gasteiger partial charge in [0.2, 0.25) is 5.91 Å². The minimum absolute atomic E-state index is 0.0618. The van der Waals surface area contributed by atoms with Gasteiger partial charge in [0, 0.05) is 6.54 Å². The Morgan fingerprint density at radius 3 is 2.34 bits per heavy atom. The highest BCUT2D eigenvalue weighted by molar-refractivity contribution is 5.86. The minimum atomic E-state index is -0.640. The molecule has 0 unspecified atom stereocenters. The molecular formula is C28H32N4O3. The summed E-state index contributed by atoms with van der Waals surface area (Å²) in [4.78, 5) is 35.6. The minimum Gasteiger partial charge on any atom is -0.453 e. The third kappa shape index (κ3) is 4.67. The number of imidazole rings is 1. The van der Waals surface area contributed by atoms with Crippen LogP contribution in [0.4, 0.5) is 4.79 Å². The van der Waals surface area contributed by atoms with Crippen molar-refractivity contribution in [2.45, 2.75) is 45.2 Å². The fourth-order valence-electron chi connectivity index (χ4n) is 5.07. The van der Waals surface area contributed by atoms with Crippen molar-refractivity contribution in [2.24, 2.45) is 11.3 Å². The molecule has 2 fully saturated rings. The summed E-state index contributed by atoms with van der Waals surface area (Å²) in [6.45, 7) is 4.56. The van der Waals surface area contributed by atoms with E-state index < -0.39 is 12.1 Å². The summed E-state index contributed by atoms with van der Waals surface area (Å²) in [6, 6.07) is 17.9. The van der Waals surface area contributed by atoms with Crippen LogP contribution in [0.1, 0.15) is 45.0 Å². The molecule has 3 aromatic rings. The standard InChI is InChI=1S/C28H32N4O3/c1-18(2)24(31-27(34)35-3)26(33)32-17-28(13-14-28)15-23(32)25-29-16-22(30-25)21-11-9-20(10-12-21)19-7-5-4-6-8-19/h4-12,16,18,23-24H,13-15,17H2,1-3H3,(H,29,30)(H,31,34)/t23-,24-/m0/s1. The topological polar surface area (TPSA) is 87.3 Å². The van der Waals surface area contributed by atoms with Gasteiger partial charge in [0.25, 0.3) is 0 Å². The maximum absolute atomic E-state index is 13.6. The van der Waals surface area contributed by atoms with Crippen LogP contribution in [0.3, 0.4) is 0 Å². The molecule has 35 heavy (non-hydrogen) atoms. The molecule has 7 heteroatoms. The van der Waals surface area contributed by atoms with Crippen LogP contribution in [0.15, 0.2) is 60.8 Å². The predicted molar refractivity (Wildman–Crippen MR) is 134 cm³/mol. The van der Waals surface area contributed by atoms with Crippen molar-refractivity contribution in [1.82, 2.24) is 20.2 Å².